The van der Waals surface area contributed by atoms with Gasteiger partial charge in [0.05, 0.1) is 4.88 Å². The summed E-state index contributed by atoms with van der Waals surface area (Å²) in [7, 11) is -0.354. The standard InChI is InChI=1S/C15H17ClN2O3S2/c1-18(2)15(19)13-7-8-14(22-13)23(20,21)17-10-9-11-3-5-12(16)6-4-11/h3-8,17H,9-10H2,1-2H3. The minimum absolute atomic E-state index is 0.138. The van der Waals surface area contributed by atoms with Gasteiger partial charge in [-0.05, 0) is 36.2 Å². The molecule has 0 aliphatic carbocycles. The number of thiophene rings is 1. The summed E-state index contributed by atoms with van der Waals surface area (Å²) in [5.74, 6) is -0.211. The van der Waals surface area contributed by atoms with Crippen LogP contribution in [0.4, 0.5) is 0 Å². The van der Waals surface area contributed by atoms with Gasteiger partial charge in [-0.3, -0.25) is 4.79 Å². The van der Waals surface area contributed by atoms with Gasteiger partial charge in [-0.25, -0.2) is 13.1 Å². The van der Waals surface area contributed by atoms with Crippen LogP contribution in [0.3, 0.4) is 0 Å². The van der Waals surface area contributed by atoms with Crippen molar-refractivity contribution in [2.75, 3.05) is 20.6 Å². The number of sulfonamides is 1. The van der Waals surface area contributed by atoms with E-state index < -0.39 is 10.0 Å². The number of hydrogen-bond acceptors (Lipinski definition) is 4. The quantitative estimate of drug-likeness (QED) is 0.847. The molecule has 0 radical (unpaired) electrons. The first-order valence-corrected chi connectivity index (χ1v) is 9.53. The van der Waals surface area contributed by atoms with E-state index in [0.29, 0.717) is 16.3 Å². The van der Waals surface area contributed by atoms with E-state index in [9.17, 15) is 13.2 Å². The van der Waals surface area contributed by atoms with Gasteiger partial charge in [0.1, 0.15) is 4.21 Å². The molecule has 5 nitrogen and oxygen atoms in total. The Morgan fingerprint density at radius 3 is 2.43 bits per heavy atom. The maximum atomic E-state index is 12.2. The van der Waals surface area contributed by atoms with Crippen LogP contribution in [0.5, 0.6) is 0 Å². The number of rotatable bonds is 6. The van der Waals surface area contributed by atoms with Crippen LogP contribution in [0.15, 0.2) is 40.6 Å². The summed E-state index contributed by atoms with van der Waals surface area (Å²) in [5.41, 5.74) is 0.992. The molecule has 0 unspecified atom stereocenters. The van der Waals surface area contributed by atoms with E-state index in [1.165, 1.54) is 17.0 Å². The van der Waals surface area contributed by atoms with E-state index in [0.717, 1.165) is 16.9 Å². The molecule has 1 aromatic heterocycles. The molecular weight excluding hydrogens is 356 g/mol. The normalized spacial score (nSPS) is 11.4. The third-order valence-corrected chi connectivity index (χ3v) is 6.36. The zero-order chi connectivity index (χ0) is 17.0. The van der Waals surface area contributed by atoms with E-state index in [-0.39, 0.29) is 16.7 Å². The Morgan fingerprint density at radius 2 is 1.83 bits per heavy atom. The third kappa shape index (κ3) is 4.78. The van der Waals surface area contributed by atoms with Gasteiger partial charge in [-0.1, -0.05) is 23.7 Å². The van der Waals surface area contributed by atoms with Crippen molar-refractivity contribution in [3.63, 3.8) is 0 Å². The van der Waals surface area contributed by atoms with Crippen molar-refractivity contribution < 1.29 is 13.2 Å². The summed E-state index contributed by atoms with van der Waals surface area (Å²) < 4.78 is 27.2. The van der Waals surface area contributed by atoms with Gasteiger partial charge in [-0.2, -0.15) is 0 Å². The van der Waals surface area contributed by atoms with E-state index >= 15 is 0 Å². The van der Waals surface area contributed by atoms with Gasteiger partial charge in [-0.15, -0.1) is 11.3 Å². The fourth-order valence-corrected chi connectivity index (χ4v) is 4.38. The lowest BCUT2D eigenvalue weighted by Crippen LogP contribution is -2.25. The van der Waals surface area contributed by atoms with Crippen LogP contribution in [0.2, 0.25) is 5.02 Å². The van der Waals surface area contributed by atoms with Crippen LogP contribution in [0.25, 0.3) is 0 Å². The Bertz CT molecular complexity index is 783. The number of amides is 1. The SMILES string of the molecule is CN(C)C(=O)c1ccc(S(=O)(=O)NCCc2ccc(Cl)cc2)s1. The molecule has 0 fully saturated rings. The van der Waals surface area contributed by atoms with Crippen molar-refractivity contribution in [3.05, 3.63) is 51.9 Å². The van der Waals surface area contributed by atoms with Gasteiger partial charge in [0.2, 0.25) is 10.0 Å². The zero-order valence-corrected chi connectivity index (χ0v) is 15.1. The second-order valence-corrected chi connectivity index (χ2v) is 8.61. The highest BCUT2D eigenvalue weighted by molar-refractivity contribution is 7.91. The summed E-state index contributed by atoms with van der Waals surface area (Å²) in [6, 6.07) is 10.2. The van der Waals surface area contributed by atoms with Crippen LogP contribution >= 0.6 is 22.9 Å². The molecule has 1 aromatic carbocycles. The molecular formula is C15H17ClN2O3S2. The minimum atomic E-state index is -3.61. The van der Waals surface area contributed by atoms with E-state index in [1.54, 1.807) is 26.2 Å². The smallest absolute Gasteiger partial charge is 0.263 e. The molecule has 2 rings (SSSR count). The zero-order valence-electron chi connectivity index (χ0n) is 12.7. The van der Waals surface area contributed by atoms with Crippen LogP contribution in [-0.2, 0) is 16.4 Å². The fraction of sp³-hybridized carbons (Fsp3) is 0.267. The molecule has 0 aliphatic heterocycles. The van der Waals surface area contributed by atoms with E-state index in [4.69, 9.17) is 11.6 Å². The first-order chi connectivity index (χ1) is 10.8. The average Bonchev–Trinajstić information content (AvgIpc) is 2.99. The Hall–Kier alpha value is -1.41. The number of carbonyl (C=O) groups is 1. The van der Waals surface area contributed by atoms with Gasteiger partial charge in [0.25, 0.3) is 5.91 Å². The Balaban J connectivity index is 1.99. The third-order valence-electron chi connectivity index (χ3n) is 3.08. The van der Waals surface area contributed by atoms with Crippen molar-refractivity contribution in [1.29, 1.82) is 0 Å². The molecule has 124 valence electrons. The molecule has 1 amide bonds. The maximum Gasteiger partial charge on any atom is 0.263 e. The molecule has 0 spiro atoms. The predicted molar refractivity (Wildman–Crippen MR) is 92.7 cm³/mol. The lowest BCUT2D eigenvalue weighted by Gasteiger charge is -2.07. The average molecular weight is 373 g/mol. The van der Waals surface area contributed by atoms with Crippen molar-refractivity contribution >= 4 is 38.9 Å². The molecule has 0 bridgehead atoms. The Morgan fingerprint density at radius 1 is 1.17 bits per heavy atom. The molecule has 0 aliphatic rings. The fourth-order valence-electron chi connectivity index (χ4n) is 1.85. The molecule has 0 saturated carbocycles. The highest BCUT2D eigenvalue weighted by Gasteiger charge is 2.19. The van der Waals surface area contributed by atoms with Crippen molar-refractivity contribution in [3.8, 4) is 0 Å². The summed E-state index contributed by atoms with van der Waals surface area (Å²) in [6.07, 6.45) is 0.561. The van der Waals surface area contributed by atoms with Crippen molar-refractivity contribution in [2.45, 2.75) is 10.6 Å². The van der Waals surface area contributed by atoms with Gasteiger partial charge in [0.15, 0.2) is 0 Å². The minimum Gasteiger partial charge on any atom is -0.344 e. The summed E-state index contributed by atoms with van der Waals surface area (Å²) >= 11 is 6.77. The van der Waals surface area contributed by atoms with E-state index in [2.05, 4.69) is 4.72 Å². The first kappa shape index (κ1) is 17.9. The molecule has 0 saturated heterocycles. The van der Waals surface area contributed by atoms with Crippen LogP contribution < -0.4 is 4.72 Å². The highest BCUT2D eigenvalue weighted by Crippen LogP contribution is 2.22. The highest BCUT2D eigenvalue weighted by atomic mass is 35.5. The topological polar surface area (TPSA) is 66.5 Å². The number of halogens is 1. The molecule has 1 N–H and O–H groups in total. The number of nitrogens with one attached hydrogen (secondary N) is 1. The van der Waals surface area contributed by atoms with Crippen LogP contribution in [0, 0.1) is 0 Å². The van der Waals surface area contributed by atoms with E-state index in [1.807, 2.05) is 12.1 Å². The molecule has 2 aromatic rings. The summed E-state index contributed by atoms with van der Waals surface area (Å²) in [6.45, 7) is 0.277. The first-order valence-electron chi connectivity index (χ1n) is 6.85. The van der Waals surface area contributed by atoms with Crippen LogP contribution in [-0.4, -0.2) is 39.9 Å². The largest absolute Gasteiger partial charge is 0.344 e. The van der Waals surface area contributed by atoms with Gasteiger partial charge in [0, 0.05) is 25.7 Å². The lowest BCUT2D eigenvalue weighted by molar-refractivity contribution is 0.0832. The van der Waals surface area contributed by atoms with Crippen LogP contribution in [0.1, 0.15) is 15.2 Å². The number of benzene rings is 1. The number of carbonyl (C=O) groups excluding carboxylic acids is 1. The lowest BCUT2D eigenvalue weighted by atomic mass is 10.2. The molecule has 0 atom stereocenters. The summed E-state index contributed by atoms with van der Waals surface area (Å²) in [5, 5.41) is 0.644. The Labute approximate surface area is 144 Å². The van der Waals surface area contributed by atoms with Crippen molar-refractivity contribution in [2.24, 2.45) is 0 Å². The molecule has 23 heavy (non-hydrogen) atoms. The molecule has 8 heteroatoms. The number of nitrogens with zero attached hydrogens (tertiary/aromatic N) is 1. The number of hydrogen-bond donors (Lipinski definition) is 1. The maximum absolute atomic E-state index is 12.2. The molecule has 1 heterocycles. The monoisotopic (exact) mass is 372 g/mol. The Kier molecular flexibility index (Phi) is 5.80. The second-order valence-electron chi connectivity index (χ2n) is 5.09. The second kappa shape index (κ2) is 7.44. The van der Waals surface area contributed by atoms with Gasteiger partial charge < -0.3 is 4.90 Å². The van der Waals surface area contributed by atoms with Gasteiger partial charge >= 0.3 is 0 Å². The van der Waals surface area contributed by atoms with Crippen molar-refractivity contribution in [1.82, 2.24) is 9.62 Å². The predicted octanol–water partition coefficient (Wildman–Crippen LogP) is 2.62. The summed E-state index contributed by atoms with van der Waals surface area (Å²) in [4.78, 5) is 13.6.